The van der Waals surface area contributed by atoms with E-state index in [2.05, 4.69) is 45.0 Å². The Hall–Kier alpha value is -2.92. The highest BCUT2D eigenvalue weighted by atomic mass is 79.9. The summed E-state index contributed by atoms with van der Waals surface area (Å²) in [6.45, 7) is 7.63. The summed E-state index contributed by atoms with van der Waals surface area (Å²) in [5.41, 5.74) is 0.670. The van der Waals surface area contributed by atoms with Crippen LogP contribution >= 0.6 is 31.9 Å². The fourth-order valence-electron chi connectivity index (χ4n) is 3.61. The Morgan fingerprint density at radius 3 is 1.36 bits per heavy atom. The Labute approximate surface area is 226 Å². The van der Waals surface area contributed by atoms with E-state index in [0.29, 0.717) is 30.8 Å². The summed E-state index contributed by atoms with van der Waals surface area (Å²) in [6, 6.07) is 18.9. The van der Waals surface area contributed by atoms with Crippen molar-refractivity contribution < 1.29 is 25.2 Å². The molecule has 184 valence electrons. The Bertz CT molecular complexity index is 1600. The van der Waals surface area contributed by atoms with Crippen LogP contribution in [0.2, 0.25) is 0 Å². The Kier molecular flexibility index (Phi) is 7.42. The van der Waals surface area contributed by atoms with Gasteiger partial charge in [-0.05, 0) is 73.6 Å². The summed E-state index contributed by atoms with van der Waals surface area (Å²) in [7, 11) is -8.39. The first-order valence-corrected chi connectivity index (χ1v) is 14.7. The number of fused-ring (bicyclic) bond motifs is 1. The van der Waals surface area contributed by atoms with Gasteiger partial charge in [0.1, 0.15) is 9.79 Å². The van der Waals surface area contributed by atoms with Gasteiger partial charge in [0, 0.05) is 25.5 Å². The van der Waals surface area contributed by atoms with E-state index in [1.807, 2.05) is 0 Å². The van der Waals surface area contributed by atoms with Gasteiger partial charge in [-0.1, -0.05) is 61.7 Å². The summed E-state index contributed by atoms with van der Waals surface area (Å²) < 4.78 is 63.7. The predicted molar refractivity (Wildman–Crippen MR) is 148 cm³/mol. The maximum absolute atomic E-state index is 13.0. The standard InChI is InChI=1S/C26H18Br2O6S2/c1-3-18-22(33-35(29,30)24-11-7-5-9-20(24)27)15-13-17-14-16-23(19(4-2)26(17)18)34-36(31,32)25-12-8-6-10-21(25)28/h3-16H,1-2H2. The van der Waals surface area contributed by atoms with Crippen LogP contribution in [0.3, 0.4) is 0 Å². The first-order chi connectivity index (χ1) is 17.1. The molecule has 36 heavy (non-hydrogen) atoms. The minimum absolute atomic E-state index is 0.0159. The number of benzene rings is 4. The van der Waals surface area contributed by atoms with Crippen molar-refractivity contribution in [2.45, 2.75) is 9.79 Å². The van der Waals surface area contributed by atoms with Crippen molar-refractivity contribution in [1.29, 1.82) is 0 Å². The van der Waals surface area contributed by atoms with E-state index in [9.17, 15) is 16.8 Å². The van der Waals surface area contributed by atoms with Gasteiger partial charge in [-0.15, -0.1) is 0 Å². The molecule has 0 fully saturated rings. The second-order valence-corrected chi connectivity index (χ2v) is 12.1. The highest BCUT2D eigenvalue weighted by Gasteiger charge is 2.25. The molecular formula is C26H18Br2O6S2. The van der Waals surface area contributed by atoms with Crippen molar-refractivity contribution in [3.8, 4) is 11.5 Å². The SMILES string of the molecule is C=Cc1c(OS(=O)(=O)c2ccccc2Br)ccc2ccc(OS(=O)(=O)c3ccccc3Br)c(C=C)c12. The van der Waals surface area contributed by atoms with E-state index >= 15 is 0 Å². The van der Waals surface area contributed by atoms with Gasteiger partial charge in [0.15, 0.2) is 11.5 Å². The molecule has 0 aliphatic heterocycles. The van der Waals surface area contributed by atoms with Gasteiger partial charge in [-0.2, -0.15) is 16.8 Å². The largest absolute Gasteiger partial charge is 0.378 e. The van der Waals surface area contributed by atoms with E-state index in [0.717, 1.165) is 0 Å². The molecule has 0 heterocycles. The smallest absolute Gasteiger partial charge is 0.340 e. The van der Waals surface area contributed by atoms with Gasteiger partial charge in [0.05, 0.1) is 0 Å². The van der Waals surface area contributed by atoms with Gasteiger partial charge in [-0.3, -0.25) is 0 Å². The highest BCUT2D eigenvalue weighted by Crippen LogP contribution is 2.39. The quantitative estimate of drug-likeness (QED) is 0.188. The average Bonchev–Trinajstić information content (AvgIpc) is 2.83. The summed E-state index contributed by atoms with van der Waals surface area (Å²) >= 11 is 6.47. The summed E-state index contributed by atoms with van der Waals surface area (Å²) in [5.74, 6) is 0.0318. The number of halogens is 2. The van der Waals surface area contributed by atoms with E-state index in [4.69, 9.17) is 8.37 Å². The lowest BCUT2D eigenvalue weighted by Gasteiger charge is -2.16. The molecule has 0 atom stereocenters. The number of hydrogen-bond acceptors (Lipinski definition) is 6. The Morgan fingerprint density at radius 1 is 0.611 bits per heavy atom. The molecule has 0 N–H and O–H groups in total. The third-order valence-corrected chi connectivity index (χ3v) is 9.70. The molecular weight excluding hydrogens is 632 g/mol. The Morgan fingerprint density at radius 2 is 1.00 bits per heavy atom. The minimum Gasteiger partial charge on any atom is -0.378 e. The maximum atomic E-state index is 13.0. The molecule has 0 bridgehead atoms. The topological polar surface area (TPSA) is 86.7 Å². The molecule has 0 unspecified atom stereocenters. The van der Waals surface area contributed by atoms with Crippen LogP contribution in [0.1, 0.15) is 11.1 Å². The zero-order valence-electron chi connectivity index (χ0n) is 18.5. The zero-order chi connectivity index (χ0) is 26.1. The summed E-state index contributed by atoms with van der Waals surface area (Å²) in [6.07, 6.45) is 2.87. The minimum atomic E-state index is -4.20. The maximum Gasteiger partial charge on any atom is 0.340 e. The monoisotopic (exact) mass is 648 g/mol. The number of rotatable bonds is 8. The normalized spacial score (nSPS) is 11.7. The van der Waals surface area contributed by atoms with Crippen LogP contribution < -0.4 is 8.37 Å². The third kappa shape index (κ3) is 4.99. The van der Waals surface area contributed by atoms with Gasteiger partial charge in [-0.25, -0.2) is 0 Å². The molecule has 4 aromatic carbocycles. The third-order valence-electron chi connectivity index (χ3n) is 5.21. The molecule has 0 aromatic heterocycles. The van der Waals surface area contributed by atoms with Crippen LogP contribution in [0, 0.1) is 0 Å². The van der Waals surface area contributed by atoms with Crippen molar-refractivity contribution in [3.05, 3.63) is 106 Å². The molecule has 0 aliphatic rings. The zero-order valence-corrected chi connectivity index (χ0v) is 23.3. The van der Waals surface area contributed by atoms with Crippen molar-refractivity contribution in [2.75, 3.05) is 0 Å². The van der Waals surface area contributed by atoms with E-state index < -0.39 is 20.2 Å². The van der Waals surface area contributed by atoms with Gasteiger partial charge in [0.25, 0.3) is 0 Å². The number of hydrogen-bond donors (Lipinski definition) is 0. The highest BCUT2D eigenvalue weighted by molar-refractivity contribution is 9.10. The first-order valence-electron chi connectivity index (χ1n) is 10.3. The second kappa shape index (κ2) is 10.2. The van der Waals surface area contributed by atoms with E-state index in [-0.39, 0.29) is 21.3 Å². The first kappa shape index (κ1) is 26.2. The van der Waals surface area contributed by atoms with E-state index in [1.165, 1.54) is 36.4 Å². The van der Waals surface area contributed by atoms with Crippen molar-refractivity contribution in [3.63, 3.8) is 0 Å². The molecule has 0 amide bonds. The molecule has 10 heteroatoms. The molecule has 0 saturated heterocycles. The predicted octanol–water partition coefficient (Wildman–Crippen LogP) is 7.19. The fourth-order valence-corrected chi connectivity index (χ4v) is 7.41. The lowest BCUT2D eigenvalue weighted by Crippen LogP contribution is -2.12. The lowest BCUT2D eigenvalue weighted by atomic mass is 9.97. The van der Waals surface area contributed by atoms with Crippen molar-refractivity contribution >= 4 is 75.0 Å². The van der Waals surface area contributed by atoms with Crippen LogP contribution in [0.15, 0.2) is 105 Å². The molecule has 4 rings (SSSR count). The summed E-state index contributed by atoms with van der Waals surface area (Å²) in [4.78, 5) is -0.0821. The van der Waals surface area contributed by atoms with Crippen molar-refractivity contribution in [1.82, 2.24) is 0 Å². The molecule has 0 saturated carbocycles. The van der Waals surface area contributed by atoms with Crippen LogP contribution in [-0.4, -0.2) is 16.8 Å². The lowest BCUT2D eigenvalue weighted by molar-refractivity contribution is 0.484. The van der Waals surface area contributed by atoms with Crippen LogP contribution in [0.5, 0.6) is 11.5 Å². The molecule has 0 aliphatic carbocycles. The van der Waals surface area contributed by atoms with E-state index in [1.54, 1.807) is 48.5 Å². The van der Waals surface area contributed by atoms with Gasteiger partial charge in [0.2, 0.25) is 0 Å². The van der Waals surface area contributed by atoms with Crippen LogP contribution in [-0.2, 0) is 20.2 Å². The van der Waals surface area contributed by atoms with Gasteiger partial charge >= 0.3 is 20.2 Å². The molecule has 6 nitrogen and oxygen atoms in total. The van der Waals surface area contributed by atoms with Crippen LogP contribution in [0.25, 0.3) is 22.9 Å². The molecule has 0 radical (unpaired) electrons. The summed E-state index contributed by atoms with van der Waals surface area (Å²) in [5, 5.41) is 1.15. The average molecular weight is 650 g/mol. The molecule has 4 aromatic rings. The second-order valence-electron chi connectivity index (χ2n) is 7.40. The van der Waals surface area contributed by atoms with Gasteiger partial charge < -0.3 is 8.37 Å². The van der Waals surface area contributed by atoms with Crippen LogP contribution in [0.4, 0.5) is 0 Å². The Balaban J connectivity index is 1.86. The van der Waals surface area contributed by atoms with Crippen molar-refractivity contribution in [2.24, 2.45) is 0 Å². The molecule has 0 spiro atoms. The fraction of sp³-hybridized carbons (Fsp3) is 0.